The summed E-state index contributed by atoms with van der Waals surface area (Å²) in [6.07, 6.45) is 5.15. The van der Waals surface area contributed by atoms with Crippen LogP contribution in [0.3, 0.4) is 0 Å². The summed E-state index contributed by atoms with van der Waals surface area (Å²) in [5.41, 5.74) is 7.98. The number of hydrogen-bond donors (Lipinski definition) is 2. The Balaban J connectivity index is 0.00000133. The van der Waals surface area contributed by atoms with E-state index in [4.69, 9.17) is 10.5 Å². The van der Waals surface area contributed by atoms with Crippen molar-refractivity contribution in [3.05, 3.63) is 30.7 Å². The van der Waals surface area contributed by atoms with Gasteiger partial charge in [0.15, 0.2) is 0 Å². The van der Waals surface area contributed by atoms with E-state index in [0.717, 1.165) is 28.0 Å². The second-order valence-electron chi connectivity index (χ2n) is 3.74. The van der Waals surface area contributed by atoms with Crippen LogP contribution >= 0.6 is 0 Å². The Labute approximate surface area is 110 Å². The molecule has 19 heavy (non-hydrogen) atoms. The van der Waals surface area contributed by atoms with Crippen molar-refractivity contribution in [2.45, 2.75) is 7.43 Å². The summed E-state index contributed by atoms with van der Waals surface area (Å²) in [5.74, 6) is 0.984. The van der Waals surface area contributed by atoms with Crippen LogP contribution in [0.5, 0.6) is 5.75 Å². The molecule has 0 fully saturated rings. The third kappa shape index (κ3) is 2.08. The third-order valence-electron chi connectivity index (χ3n) is 2.71. The van der Waals surface area contributed by atoms with E-state index < -0.39 is 0 Å². The normalized spacial score (nSPS) is 10.2. The highest BCUT2D eigenvalue weighted by Crippen LogP contribution is 2.33. The number of nitrogens with zero attached hydrogens (tertiary/aromatic N) is 3. The standard InChI is InChI=1S/C12H11N5O.CH4/c1-18-9-3-5-14-11-10(9)7(6-16-11)8-2-4-15-12(13)17-8;/h2-6H,1H3,(H,14,16)(H2,13,15,17);1H4. The third-order valence-corrected chi connectivity index (χ3v) is 2.71. The molecule has 6 nitrogen and oxygen atoms in total. The van der Waals surface area contributed by atoms with Crippen molar-refractivity contribution in [2.75, 3.05) is 12.8 Å². The summed E-state index contributed by atoms with van der Waals surface area (Å²) in [6.45, 7) is 0. The first-order valence-corrected chi connectivity index (χ1v) is 5.38. The smallest absolute Gasteiger partial charge is 0.220 e. The molecular weight excluding hydrogens is 242 g/mol. The van der Waals surface area contributed by atoms with Gasteiger partial charge in [-0.05, 0) is 12.1 Å². The molecule has 3 N–H and O–H groups in total. The number of methoxy groups -OCH3 is 1. The van der Waals surface area contributed by atoms with Crippen LogP contribution < -0.4 is 10.5 Å². The van der Waals surface area contributed by atoms with Crippen LogP contribution in [0.4, 0.5) is 5.95 Å². The number of aromatic amines is 1. The Hall–Kier alpha value is -2.63. The van der Waals surface area contributed by atoms with Gasteiger partial charge in [0.2, 0.25) is 5.95 Å². The molecule has 0 saturated heterocycles. The van der Waals surface area contributed by atoms with E-state index in [0.29, 0.717) is 0 Å². The summed E-state index contributed by atoms with van der Waals surface area (Å²) in [4.78, 5) is 15.4. The Bertz CT molecular complexity index is 707. The van der Waals surface area contributed by atoms with Crippen molar-refractivity contribution in [3.8, 4) is 17.0 Å². The molecule has 0 aliphatic rings. The highest BCUT2D eigenvalue weighted by Gasteiger charge is 2.12. The van der Waals surface area contributed by atoms with Gasteiger partial charge in [0, 0.05) is 24.2 Å². The highest BCUT2D eigenvalue weighted by molar-refractivity contribution is 5.97. The van der Waals surface area contributed by atoms with Gasteiger partial charge in [0.25, 0.3) is 0 Å². The van der Waals surface area contributed by atoms with Crippen molar-refractivity contribution >= 4 is 17.0 Å². The number of hydrogen-bond acceptors (Lipinski definition) is 5. The summed E-state index contributed by atoms with van der Waals surface area (Å²) in [7, 11) is 1.62. The molecule has 0 saturated carbocycles. The number of nitrogens with one attached hydrogen (secondary N) is 1. The van der Waals surface area contributed by atoms with Gasteiger partial charge in [0.1, 0.15) is 11.4 Å². The summed E-state index contributed by atoms with van der Waals surface area (Å²) in [5, 5.41) is 0.887. The van der Waals surface area contributed by atoms with E-state index in [-0.39, 0.29) is 13.4 Å². The van der Waals surface area contributed by atoms with E-state index in [1.54, 1.807) is 25.6 Å². The maximum absolute atomic E-state index is 5.60. The fraction of sp³-hybridized carbons (Fsp3) is 0.154. The number of H-pyrrole nitrogens is 1. The fourth-order valence-electron chi connectivity index (χ4n) is 1.92. The first-order valence-electron chi connectivity index (χ1n) is 5.38. The second-order valence-corrected chi connectivity index (χ2v) is 3.74. The quantitative estimate of drug-likeness (QED) is 0.734. The number of rotatable bonds is 2. The van der Waals surface area contributed by atoms with Gasteiger partial charge in [-0.2, -0.15) is 0 Å². The zero-order valence-electron chi connectivity index (χ0n) is 9.71. The van der Waals surface area contributed by atoms with Crippen LogP contribution in [0.25, 0.3) is 22.3 Å². The first kappa shape index (κ1) is 12.8. The van der Waals surface area contributed by atoms with Gasteiger partial charge >= 0.3 is 0 Å². The molecule has 3 rings (SSSR count). The average molecular weight is 257 g/mol. The molecule has 0 aliphatic carbocycles. The molecule has 3 aromatic rings. The minimum Gasteiger partial charge on any atom is -0.496 e. The Morgan fingerprint density at radius 3 is 2.74 bits per heavy atom. The number of anilines is 1. The van der Waals surface area contributed by atoms with Crippen LogP contribution in [-0.2, 0) is 0 Å². The molecular formula is C13H15N5O. The molecule has 0 aromatic carbocycles. The number of nitrogens with two attached hydrogens (primary N) is 1. The molecule has 3 heterocycles. The zero-order chi connectivity index (χ0) is 12.5. The Morgan fingerprint density at radius 2 is 2.00 bits per heavy atom. The van der Waals surface area contributed by atoms with Gasteiger partial charge in [-0.25, -0.2) is 15.0 Å². The van der Waals surface area contributed by atoms with Crippen molar-refractivity contribution in [1.29, 1.82) is 0 Å². The van der Waals surface area contributed by atoms with Crippen molar-refractivity contribution in [3.63, 3.8) is 0 Å². The van der Waals surface area contributed by atoms with Gasteiger partial charge in [0.05, 0.1) is 18.2 Å². The highest BCUT2D eigenvalue weighted by atomic mass is 16.5. The van der Waals surface area contributed by atoms with Gasteiger partial charge in [-0.15, -0.1) is 0 Å². The van der Waals surface area contributed by atoms with E-state index in [2.05, 4.69) is 19.9 Å². The molecule has 0 spiro atoms. The van der Waals surface area contributed by atoms with Crippen LogP contribution in [0.15, 0.2) is 30.7 Å². The van der Waals surface area contributed by atoms with Crippen LogP contribution in [0.2, 0.25) is 0 Å². The topological polar surface area (TPSA) is 89.7 Å². The molecule has 0 aliphatic heterocycles. The Kier molecular flexibility index (Phi) is 3.33. The minimum absolute atomic E-state index is 0. The molecule has 0 atom stereocenters. The largest absolute Gasteiger partial charge is 0.496 e. The lowest BCUT2D eigenvalue weighted by Crippen LogP contribution is -1.95. The number of nitrogen functional groups attached to an aromatic ring is 1. The summed E-state index contributed by atoms with van der Waals surface area (Å²) >= 11 is 0. The van der Waals surface area contributed by atoms with Gasteiger partial charge in [-0.3, -0.25) is 0 Å². The lowest BCUT2D eigenvalue weighted by atomic mass is 10.1. The molecule has 3 aromatic heterocycles. The first-order chi connectivity index (χ1) is 8.79. The predicted octanol–water partition coefficient (Wildman–Crippen LogP) is 2.25. The molecule has 0 unspecified atom stereocenters. The van der Waals surface area contributed by atoms with Gasteiger partial charge < -0.3 is 15.5 Å². The minimum atomic E-state index is 0. The van der Waals surface area contributed by atoms with E-state index in [9.17, 15) is 0 Å². The van der Waals surface area contributed by atoms with E-state index in [1.807, 2.05) is 12.3 Å². The molecule has 0 radical (unpaired) electrons. The lowest BCUT2D eigenvalue weighted by molar-refractivity contribution is 0.419. The SMILES string of the molecule is C.COc1ccnc2[nH]cc(-c3ccnc(N)n3)c12. The van der Waals surface area contributed by atoms with Crippen LogP contribution in [-0.4, -0.2) is 27.0 Å². The summed E-state index contributed by atoms with van der Waals surface area (Å²) < 4.78 is 5.34. The average Bonchev–Trinajstić information content (AvgIpc) is 2.82. The number of pyridine rings is 1. The van der Waals surface area contributed by atoms with Crippen LogP contribution in [0.1, 0.15) is 7.43 Å². The van der Waals surface area contributed by atoms with Crippen molar-refractivity contribution < 1.29 is 4.74 Å². The summed E-state index contributed by atoms with van der Waals surface area (Å²) in [6, 6.07) is 3.61. The van der Waals surface area contributed by atoms with Crippen molar-refractivity contribution in [1.82, 2.24) is 19.9 Å². The zero-order valence-corrected chi connectivity index (χ0v) is 9.71. The van der Waals surface area contributed by atoms with Gasteiger partial charge in [-0.1, -0.05) is 7.43 Å². The van der Waals surface area contributed by atoms with E-state index in [1.165, 1.54) is 0 Å². The number of aromatic nitrogens is 4. The van der Waals surface area contributed by atoms with Crippen molar-refractivity contribution in [2.24, 2.45) is 0 Å². The maximum atomic E-state index is 5.60. The Morgan fingerprint density at radius 1 is 1.21 bits per heavy atom. The number of ether oxygens (including phenoxy) is 1. The molecule has 0 bridgehead atoms. The molecule has 6 heteroatoms. The fourth-order valence-corrected chi connectivity index (χ4v) is 1.92. The lowest BCUT2D eigenvalue weighted by Gasteiger charge is -2.04. The van der Waals surface area contributed by atoms with E-state index >= 15 is 0 Å². The molecule has 0 amide bonds. The maximum Gasteiger partial charge on any atom is 0.220 e. The second kappa shape index (κ2) is 4.93. The van der Waals surface area contributed by atoms with Crippen LogP contribution in [0, 0.1) is 0 Å². The number of fused-ring (bicyclic) bond motifs is 1. The monoisotopic (exact) mass is 257 g/mol. The molecule has 98 valence electrons. The predicted molar refractivity (Wildman–Crippen MR) is 74.8 cm³/mol.